The van der Waals surface area contributed by atoms with E-state index in [4.69, 9.17) is 5.73 Å². The van der Waals surface area contributed by atoms with Crippen molar-refractivity contribution in [3.63, 3.8) is 0 Å². The Hall–Kier alpha value is -0.140. The second-order valence-corrected chi connectivity index (χ2v) is 5.39. The van der Waals surface area contributed by atoms with Gasteiger partial charge in [0.25, 0.3) is 5.91 Å². The number of carbonyl (C=O) groups is 1. The van der Waals surface area contributed by atoms with Gasteiger partial charge in [-0.2, -0.15) is 0 Å². The summed E-state index contributed by atoms with van der Waals surface area (Å²) in [7, 11) is 0. The minimum atomic E-state index is -0.0852. The molecule has 0 saturated carbocycles. The molecule has 0 bridgehead atoms. The van der Waals surface area contributed by atoms with Gasteiger partial charge in [-0.05, 0) is 47.7 Å². The van der Waals surface area contributed by atoms with E-state index < -0.39 is 0 Å². The van der Waals surface area contributed by atoms with Crippen LogP contribution in [0.15, 0.2) is 22.7 Å². The van der Waals surface area contributed by atoms with E-state index in [1.165, 1.54) is 0 Å². The Labute approximate surface area is 111 Å². The van der Waals surface area contributed by atoms with Gasteiger partial charge in [0.05, 0.1) is 5.56 Å². The van der Waals surface area contributed by atoms with E-state index >= 15 is 0 Å². The smallest absolute Gasteiger partial charge is 0.252 e. The normalized spacial score (nSPS) is 12.3. The van der Waals surface area contributed by atoms with Crippen LogP contribution < -0.4 is 11.1 Å². The molecule has 82 valence electrons. The van der Waals surface area contributed by atoms with Gasteiger partial charge in [-0.3, -0.25) is 4.79 Å². The standard InChI is InChI=1S/C10H12BrIN2O/c1-6(13)5-14-10(15)8-4-7(11)2-3-9(8)12/h2-4,6H,5,13H2,1H3,(H,14,15). The van der Waals surface area contributed by atoms with Crippen LogP contribution in [0.5, 0.6) is 0 Å². The summed E-state index contributed by atoms with van der Waals surface area (Å²) in [5.41, 5.74) is 6.23. The first kappa shape index (κ1) is 12.9. The van der Waals surface area contributed by atoms with E-state index in [0.29, 0.717) is 12.1 Å². The number of hydrogen-bond donors (Lipinski definition) is 2. The molecule has 0 heterocycles. The van der Waals surface area contributed by atoms with Crippen molar-refractivity contribution in [2.45, 2.75) is 13.0 Å². The molecule has 0 saturated heterocycles. The number of nitrogens with one attached hydrogen (secondary N) is 1. The van der Waals surface area contributed by atoms with Crippen molar-refractivity contribution in [1.82, 2.24) is 5.32 Å². The number of nitrogens with two attached hydrogens (primary N) is 1. The summed E-state index contributed by atoms with van der Waals surface area (Å²) in [5, 5.41) is 2.78. The van der Waals surface area contributed by atoms with Crippen LogP contribution in [0.25, 0.3) is 0 Å². The van der Waals surface area contributed by atoms with Gasteiger partial charge in [0.1, 0.15) is 0 Å². The van der Waals surface area contributed by atoms with Crippen molar-refractivity contribution in [1.29, 1.82) is 0 Å². The van der Waals surface area contributed by atoms with Gasteiger partial charge >= 0.3 is 0 Å². The van der Waals surface area contributed by atoms with Crippen LogP contribution in [0.4, 0.5) is 0 Å². The first-order valence-electron chi connectivity index (χ1n) is 4.49. The lowest BCUT2D eigenvalue weighted by Crippen LogP contribution is -2.35. The van der Waals surface area contributed by atoms with Crippen LogP contribution in [-0.4, -0.2) is 18.5 Å². The molecule has 1 aromatic carbocycles. The molecule has 0 spiro atoms. The van der Waals surface area contributed by atoms with Gasteiger partial charge in [-0.15, -0.1) is 0 Å². The fraction of sp³-hybridized carbons (Fsp3) is 0.300. The van der Waals surface area contributed by atoms with Gasteiger partial charge in [0, 0.05) is 20.6 Å². The van der Waals surface area contributed by atoms with E-state index in [0.717, 1.165) is 8.04 Å². The van der Waals surface area contributed by atoms with Crippen molar-refractivity contribution in [3.05, 3.63) is 31.8 Å². The molecular weight excluding hydrogens is 371 g/mol. The first-order chi connectivity index (χ1) is 7.00. The van der Waals surface area contributed by atoms with Crippen molar-refractivity contribution in [3.8, 4) is 0 Å². The molecule has 1 aromatic rings. The molecule has 0 aliphatic rings. The number of rotatable bonds is 3. The molecule has 0 aliphatic carbocycles. The second kappa shape index (κ2) is 5.81. The third-order valence-electron chi connectivity index (χ3n) is 1.76. The topological polar surface area (TPSA) is 55.1 Å². The number of amides is 1. The SMILES string of the molecule is CC(N)CNC(=O)c1cc(Br)ccc1I. The van der Waals surface area contributed by atoms with Crippen molar-refractivity contribution in [2.24, 2.45) is 5.73 Å². The van der Waals surface area contributed by atoms with Crippen LogP contribution in [0.1, 0.15) is 17.3 Å². The van der Waals surface area contributed by atoms with Crippen LogP contribution >= 0.6 is 38.5 Å². The van der Waals surface area contributed by atoms with Gasteiger partial charge in [0.2, 0.25) is 0 Å². The Bertz CT molecular complexity index is 368. The maximum absolute atomic E-state index is 11.7. The average Bonchev–Trinajstić information content (AvgIpc) is 2.18. The van der Waals surface area contributed by atoms with E-state index in [-0.39, 0.29) is 11.9 Å². The lowest BCUT2D eigenvalue weighted by atomic mass is 10.2. The zero-order valence-electron chi connectivity index (χ0n) is 8.26. The highest BCUT2D eigenvalue weighted by Gasteiger charge is 2.10. The summed E-state index contributed by atoms with van der Waals surface area (Å²) in [4.78, 5) is 11.7. The fourth-order valence-electron chi connectivity index (χ4n) is 1.02. The number of hydrogen-bond acceptors (Lipinski definition) is 2. The molecule has 0 aliphatic heterocycles. The fourth-order valence-corrected chi connectivity index (χ4v) is 1.96. The minimum Gasteiger partial charge on any atom is -0.350 e. The molecule has 1 rings (SSSR count). The Balaban J connectivity index is 2.77. The zero-order chi connectivity index (χ0) is 11.4. The largest absolute Gasteiger partial charge is 0.350 e. The van der Waals surface area contributed by atoms with Gasteiger partial charge < -0.3 is 11.1 Å². The first-order valence-corrected chi connectivity index (χ1v) is 6.36. The zero-order valence-corrected chi connectivity index (χ0v) is 12.0. The van der Waals surface area contributed by atoms with E-state index in [1.807, 2.05) is 19.1 Å². The van der Waals surface area contributed by atoms with Crippen LogP contribution in [-0.2, 0) is 0 Å². The minimum absolute atomic E-state index is 0.0289. The van der Waals surface area contributed by atoms with Crippen molar-refractivity contribution >= 4 is 44.4 Å². The molecule has 3 N–H and O–H groups in total. The maximum atomic E-state index is 11.7. The van der Waals surface area contributed by atoms with Gasteiger partial charge in [-0.25, -0.2) is 0 Å². The monoisotopic (exact) mass is 382 g/mol. The Morgan fingerprint density at radius 3 is 2.93 bits per heavy atom. The molecule has 1 atom stereocenters. The van der Waals surface area contributed by atoms with E-state index in [2.05, 4.69) is 43.8 Å². The predicted octanol–water partition coefficient (Wildman–Crippen LogP) is 2.13. The Morgan fingerprint density at radius 2 is 2.33 bits per heavy atom. The third-order valence-corrected chi connectivity index (χ3v) is 3.19. The summed E-state index contributed by atoms with van der Waals surface area (Å²) in [6.07, 6.45) is 0. The number of halogens is 2. The van der Waals surface area contributed by atoms with E-state index in [1.54, 1.807) is 6.07 Å². The van der Waals surface area contributed by atoms with Crippen molar-refractivity contribution in [2.75, 3.05) is 6.54 Å². The van der Waals surface area contributed by atoms with Crippen LogP contribution in [0.2, 0.25) is 0 Å². The molecule has 0 radical (unpaired) electrons. The van der Waals surface area contributed by atoms with E-state index in [9.17, 15) is 4.79 Å². The quantitative estimate of drug-likeness (QED) is 0.787. The molecule has 0 fully saturated rings. The van der Waals surface area contributed by atoms with Gasteiger partial charge in [0.15, 0.2) is 0 Å². The lowest BCUT2D eigenvalue weighted by molar-refractivity contribution is 0.0951. The highest BCUT2D eigenvalue weighted by atomic mass is 127. The number of benzene rings is 1. The molecule has 15 heavy (non-hydrogen) atoms. The highest BCUT2D eigenvalue weighted by molar-refractivity contribution is 14.1. The highest BCUT2D eigenvalue weighted by Crippen LogP contribution is 2.18. The molecule has 1 unspecified atom stereocenters. The molecule has 5 heteroatoms. The molecular formula is C10H12BrIN2O. The average molecular weight is 383 g/mol. The van der Waals surface area contributed by atoms with Crippen molar-refractivity contribution < 1.29 is 4.79 Å². The van der Waals surface area contributed by atoms with Crippen LogP contribution in [0.3, 0.4) is 0 Å². The third kappa shape index (κ3) is 4.08. The summed E-state index contributed by atoms with van der Waals surface area (Å²) >= 11 is 5.47. The predicted molar refractivity (Wildman–Crippen MR) is 72.8 cm³/mol. The Morgan fingerprint density at radius 1 is 1.67 bits per heavy atom. The summed E-state index contributed by atoms with van der Waals surface area (Å²) in [6, 6.07) is 5.58. The second-order valence-electron chi connectivity index (χ2n) is 3.31. The molecule has 0 aromatic heterocycles. The van der Waals surface area contributed by atoms with Gasteiger partial charge in [-0.1, -0.05) is 15.9 Å². The molecule has 3 nitrogen and oxygen atoms in total. The maximum Gasteiger partial charge on any atom is 0.252 e. The molecule has 1 amide bonds. The Kier molecular flexibility index (Phi) is 5.01. The number of carbonyl (C=O) groups excluding carboxylic acids is 1. The summed E-state index contributed by atoms with van der Waals surface area (Å²) < 4.78 is 1.83. The summed E-state index contributed by atoms with van der Waals surface area (Å²) in [6.45, 7) is 2.34. The summed E-state index contributed by atoms with van der Waals surface area (Å²) in [5.74, 6) is -0.0852. The van der Waals surface area contributed by atoms with Crippen LogP contribution in [0, 0.1) is 3.57 Å². The lowest BCUT2D eigenvalue weighted by Gasteiger charge is -2.09.